The number of hydrogen-bond acceptors (Lipinski definition) is 6. The van der Waals surface area contributed by atoms with E-state index in [1.807, 2.05) is 30.7 Å². The van der Waals surface area contributed by atoms with Gasteiger partial charge in [-0.15, -0.1) is 5.10 Å². The van der Waals surface area contributed by atoms with Crippen LogP contribution in [0.4, 0.5) is 5.95 Å². The summed E-state index contributed by atoms with van der Waals surface area (Å²) in [4.78, 5) is 20.5. The van der Waals surface area contributed by atoms with E-state index in [0.29, 0.717) is 12.3 Å². The van der Waals surface area contributed by atoms with Crippen molar-refractivity contribution >= 4 is 29.0 Å². The molecular weight excluding hydrogens is 300 g/mol. The number of hydrogen-bond donors (Lipinski definition) is 2. The standard InChI is InChI=1S/C14H16N6OS/c1-8-11(5-12(21)16-6-10-3-4-22-7-10)9(2)20-14(17-8)18-13(15)19-20/h3-4,7H,5-6H2,1-2H3,(H2,15,19)(H,16,21). The third-order valence-corrected chi connectivity index (χ3v) is 4.20. The molecule has 0 radical (unpaired) electrons. The van der Waals surface area contributed by atoms with E-state index in [1.54, 1.807) is 15.9 Å². The Balaban J connectivity index is 1.79. The maximum Gasteiger partial charge on any atom is 0.254 e. The molecule has 3 rings (SSSR count). The third kappa shape index (κ3) is 2.77. The maximum atomic E-state index is 12.1. The van der Waals surface area contributed by atoms with Crippen molar-refractivity contribution in [2.24, 2.45) is 0 Å². The molecule has 0 aromatic carbocycles. The van der Waals surface area contributed by atoms with E-state index >= 15 is 0 Å². The zero-order valence-corrected chi connectivity index (χ0v) is 13.1. The Morgan fingerprint density at radius 1 is 1.41 bits per heavy atom. The molecule has 3 N–H and O–H groups in total. The fraction of sp³-hybridized carbons (Fsp3) is 0.286. The molecule has 7 nitrogen and oxygen atoms in total. The Hall–Kier alpha value is -2.48. The van der Waals surface area contributed by atoms with Crippen LogP contribution < -0.4 is 11.1 Å². The molecule has 0 bridgehead atoms. The molecule has 0 atom stereocenters. The quantitative estimate of drug-likeness (QED) is 0.754. The van der Waals surface area contributed by atoms with Gasteiger partial charge in [0.2, 0.25) is 11.9 Å². The van der Waals surface area contributed by atoms with Gasteiger partial charge >= 0.3 is 0 Å². The number of nitrogens with one attached hydrogen (secondary N) is 1. The second-order valence-electron chi connectivity index (χ2n) is 5.03. The van der Waals surface area contributed by atoms with E-state index in [4.69, 9.17) is 5.73 Å². The average molecular weight is 316 g/mol. The summed E-state index contributed by atoms with van der Waals surface area (Å²) in [6.45, 7) is 4.28. The number of thiophene rings is 1. The number of anilines is 1. The van der Waals surface area contributed by atoms with Crippen molar-refractivity contribution in [1.29, 1.82) is 0 Å². The second kappa shape index (κ2) is 5.72. The molecule has 0 aliphatic heterocycles. The molecule has 0 saturated heterocycles. The normalized spacial score (nSPS) is 11.0. The van der Waals surface area contributed by atoms with Gasteiger partial charge in [0.1, 0.15) is 0 Å². The first-order valence-electron chi connectivity index (χ1n) is 6.80. The summed E-state index contributed by atoms with van der Waals surface area (Å²) in [5.74, 6) is 0.579. The Morgan fingerprint density at radius 2 is 2.23 bits per heavy atom. The predicted octanol–water partition coefficient (Wildman–Crippen LogP) is 1.24. The fourth-order valence-electron chi connectivity index (χ4n) is 2.30. The SMILES string of the molecule is Cc1nc2nc(N)nn2c(C)c1CC(=O)NCc1ccsc1. The predicted molar refractivity (Wildman–Crippen MR) is 84.5 cm³/mol. The maximum absolute atomic E-state index is 12.1. The van der Waals surface area contributed by atoms with Gasteiger partial charge in [-0.2, -0.15) is 20.8 Å². The Bertz CT molecular complexity index is 824. The highest BCUT2D eigenvalue weighted by atomic mass is 32.1. The first-order valence-corrected chi connectivity index (χ1v) is 7.75. The topological polar surface area (TPSA) is 98.2 Å². The van der Waals surface area contributed by atoms with Crippen molar-refractivity contribution in [3.63, 3.8) is 0 Å². The van der Waals surface area contributed by atoms with Crippen molar-refractivity contribution in [2.45, 2.75) is 26.8 Å². The monoisotopic (exact) mass is 316 g/mol. The Morgan fingerprint density at radius 3 is 2.95 bits per heavy atom. The lowest BCUT2D eigenvalue weighted by atomic mass is 10.1. The van der Waals surface area contributed by atoms with Crippen LogP contribution in [-0.2, 0) is 17.8 Å². The molecule has 0 aliphatic rings. The van der Waals surface area contributed by atoms with Crippen LogP contribution in [0.25, 0.3) is 5.78 Å². The van der Waals surface area contributed by atoms with Gasteiger partial charge in [0, 0.05) is 23.5 Å². The average Bonchev–Trinajstić information content (AvgIpc) is 3.10. The minimum Gasteiger partial charge on any atom is -0.366 e. The zero-order chi connectivity index (χ0) is 15.7. The van der Waals surface area contributed by atoms with Crippen LogP contribution in [0.2, 0.25) is 0 Å². The molecule has 22 heavy (non-hydrogen) atoms. The van der Waals surface area contributed by atoms with Crippen molar-refractivity contribution in [3.8, 4) is 0 Å². The van der Waals surface area contributed by atoms with E-state index in [0.717, 1.165) is 22.5 Å². The van der Waals surface area contributed by atoms with Crippen LogP contribution in [0, 0.1) is 13.8 Å². The lowest BCUT2D eigenvalue weighted by Crippen LogP contribution is -2.25. The van der Waals surface area contributed by atoms with Gasteiger partial charge in [-0.1, -0.05) is 0 Å². The molecule has 0 unspecified atom stereocenters. The highest BCUT2D eigenvalue weighted by molar-refractivity contribution is 7.07. The van der Waals surface area contributed by atoms with Crippen LogP contribution in [0.1, 0.15) is 22.5 Å². The van der Waals surface area contributed by atoms with Crippen molar-refractivity contribution in [3.05, 3.63) is 39.3 Å². The van der Waals surface area contributed by atoms with Gasteiger partial charge in [0.15, 0.2) is 0 Å². The number of nitrogen functional groups attached to an aromatic ring is 1. The molecule has 0 aliphatic carbocycles. The summed E-state index contributed by atoms with van der Waals surface area (Å²) in [5, 5.41) is 11.0. The number of nitrogens with two attached hydrogens (primary N) is 1. The first kappa shape index (κ1) is 14.5. The minimum atomic E-state index is -0.0494. The van der Waals surface area contributed by atoms with Gasteiger partial charge in [-0.05, 0) is 36.2 Å². The van der Waals surface area contributed by atoms with E-state index < -0.39 is 0 Å². The van der Waals surface area contributed by atoms with Crippen molar-refractivity contribution in [1.82, 2.24) is 24.9 Å². The summed E-state index contributed by atoms with van der Waals surface area (Å²) in [7, 11) is 0. The highest BCUT2D eigenvalue weighted by Crippen LogP contribution is 2.15. The molecule has 1 amide bonds. The second-order valence-corrected chi connectivity index (χ2v) is 5.81. The summed E-state index contributed by atoms with van der Waals surface area (Å²) < 4.78 is 1.57. The van der Waals surface area contributed by atoms with E-state index in [9.17, 15) is 4.79 Å². The summed E-state index contributed by atoms with van der Waals surface area (Å²) >= 11 is 1.61. The third-order valence-electron chi connectivity index (χ3n) is 3.47. The van der Waals surface area contributed by atoms with E-state index in [2.05, 4.69) is 20.4 Å². The zero-order valence-electron chi connectivity index (χ0n) is 12.3. The molecule has 114 valence electrons. The number of aryl methyl sites for hydroxylation is 2. The van der Waals surface area contributed by atoms with Crippen LogP contribution in [0.3, 0.4) is 0 Å². The Kier molecular flexibility index (Phi) is 3.76. The molecule has 3 heterocycles. The number of rotatable bonds is 4. The van der Waals surface area contributed by atoms with Crippen molar-refractivity contribution < 1.29 is 4.79 Å². The van der Waals surface area contributed by atoms with Crippen LogP contribution in [-0.4, -0.2) is 25.5 Å². The summed E-state index contributed by atoms with van der Waals surface area (Å²) in [6.07, 6.45) is 0.254. The fourth-order valence-corrected chi connectivity index (χ4v) is 2.97. The lowest BCUT2D eigenvalue weighted by molar-refractivity contribution is -0.120. The molecule has 0 fully saturated rings. The van der Waals surface area contributed by atoms with Gasteiger partial charge in [-0.3, -0.25) is 4.79 Å². The van der Waals surface area contributed by atoms with Crippen LogP contribution in [0.15, 0.2) is 16.8 Å². The number of fused-ring (bicyclic) bond motifs is 1. The summed E-state index contributed by atoms with van der Waals surface area (Å²) in [6, 6.07) is 1.99. The molecular formula is C14H16N6OS. The summed E-state index contributed by atoms with van der Waals surface area (Å²) in [5.41, 5.74) is 9.15. The number of aromatic nitrogens is 4. The first-order chi connectivity index (χ1) is 10.5. The molecule has 0 saturated carbocycles. The number of amides is 1. The van der Waals surface area contributed by atoms with Gasteiger partial charge in [-0.25, -0.2) is 4.98 Å². The number of nitrogens with zero attached hydrogens (tertiary/aromatic N) is 4. The van der Waals surface area contributed by atoms with E-state index in [-0.39, 0.29) is 18.3 Å². The van der Waals surface area contributed by atoms with Gasteiger partial charge in [0.25, 0.3) is 5.78 Å². The van der Waals surface area contributed by atoms with Gasteiger partial charge < -0.3 is 11.1 Å². The minimum absolute atomic E-state index is 0.0494. The smallest absolute Gasteiger partial charge is 0.254 e. The molecule has 3 aromatic rings. The van der Waals surface area contributed by atoms with Gasteiger partial charge in [0.05, 0.1) is 6.42 Å². The molecule has 3 aromatic heterocycles. The lowest BCUT2D eigenvalue weighted by Gasteiger charge is -2.10. The largest absolute Gasteiger partial charge is 0.366 e. The van der Waals surface area contributed by atoms with Crippen LogP contribution >= 0.6 is 11.3 Å². The van der Waals surface area contributed by atoms with Crippen LogP contribution in [0.5, 0.6) is 0 Å². The van der Waals surface area contributed by atoms with E-state index in [1.165, 1.54) is 0 Å². The molecule has 8 heteroatoms. The Labute approximate surface area is 131 Å². The number of carbonyl (C=O) groups excluding carboxylic acids is 1. The van der Waals surface area contributed by atoms with Crippen molar-refractivity contribution in [2.75, 3.05) is 5.73 Å². The number of carbonyl (C=O) groups is 1. The molecule has 0 spiro atoms. The highest BCUT2D eigenvalue weighted by Gasteiger charge is 2.15.